The van der Waals surface area contributed by atoms with Crippen LogP contribution < -0.4 is 0 Å². The first-order valence-electron chi connectivity index (χ1n) is 11.3. The number of nitrogens with zero attached hydrogens (tertiary/aromatic N) is 5. The Bertz CT molecular complexity index is 1310. The lowest BCUT2D eigenvalue weighted by molar-refractivity contribution is -0.133. The highest BCUT2D eigenvalue weighted by Crippen LogP contribution is 2.29. The highest BCUT2D eigenvalue weighted by Gasteiger charge is 2.24. The Labute approximate surface area is 202 Å². The smallest absolute Gasteiger partial charge is 0.244 e. The van der Waals surface area contributed by atoms with E-state index in [1.165, 1.54) is 6.07 Å². The Morgan fingerprint density at radius 1 is 1.03 bits per heavy atom. The maximum Gasteiger partial charge on any atom is 0.244 e. The van der Waals surface area contributed by atoms with Crippen molar-refractivity contribution in [3.05, 3.63) is 82.9 Å². The van der Waals surface area contributed by atoms with Crippen molar-refractivity contribution < 1.29 is 9.18 Å². The van der Waals surface area contributed by atoms with E-state index in [4.69, 9.17) is 11.6 Å². The summed E-state index contributed by atoms with van der Waals surface area (Å²) >= 11 is 6.17. The third kappa shape index (κ3) is 4.41. The van der Waals surface area contributed by atoms with Crippen LogP contribution in [-0.2, 0) is 17.9 Å². The molecule has 0 N–H and O–H groups in total. The molecule has 2 aromatic heterocycles. The maximum absolute atomic E-state index is 14.1. The van der Waals surface area contributed by atoms with Crippen molar-refractivity contribution in [3.8, 4) is 11.1 Å². The second kappa shape index (κ2) is 9.52. The lowest BCUT2D eigenvalue weighted by Gasteiger charge is -2.35. The normalized spacial score (nSPS) is 14.6. The fraction of sp³-hybridized carbons (Fsp3) is 0.269. The van der Waals surface area contributed by atoms with Gasteiger partial charge in [-0.25, -0.2) is 14.1 Å². The molecule has 1 aliphatic heterocycles. The van der Waals surface area contributed by atoms with Gasteiger partial charge in [0.2, 0.25) is 5.91 Å². The number of carbonyl (C=O) groups excluding carboxylic acids is 1. The zero-order valence-corrected chi connectivity index (χ0v) is 19.7. The van der Waals surface area contributed by atoms with Crippen LogP contribution in [0.15, 0.2) is 60.8 Å². The van der Waals surface area contributed by atoms with Gasteiger partial charge in [-0.3, -0.25) is 9.69 Å². The molecule has 1 fully saturated rings. The lowest BCUT2D eigenvalue weighted by atomic mass is 10.0. The van der Waals surface area contributed by atoms with Crippen LogP contribution in [0, 0.1) is 12.7 Å². The second-order valence-corrected chi connectivity index (χ2v) is 8.93. The Hall–Kier alpha value is -3.29. The number of aryl methyl sites for hydroxylation is 1. The van der Waals surface area contributed by atoms with Gasteiger partial charge in [-0.05, 0) is 36.2 Å². The number of rotatable bonds is 5. The van der Waals surface area contributed by atoms with Gasteiger partial charge in [-0.2, -0.15) is 5.10 Å². The molecule has 2 aromatic carbocycles. The van der Waals surface area contributed by atoms with E-state index in [2.05, 4.69) is 27.1 Å². The molecular weight excluding hydrogens is 453 g/mol. The molecular formula is C26H25ClFN5O. The molecule has 3 heterocycles. The first-order chi connectivity index (χ1) is 16.5. The van der Waals surface area contributed by atoms with Crippen LogP contribution in [0.3, 0.4) is 0 Å². The average molecular weight is 478 g/mol. The van der Waals surface area contributed by atoms with Gasteiger partial charge in [0.25, 0.3) is 0 Å². The van der Waals surface area contributed by atoms with Gasteiger partial charge in [0, 0.05) is 54.9 Å². The molecule has 0 aliphatic carbocycles. The molecule has 174 valence electrons. The van der Waals surface area contributed by atoms with Crippen LogP contribution in [0.25, 0.3) is 22.2 Å². The number of hydrogen-bond acceptors (Lipinski definition) is 4. The zero-order valence-electron chi connectivity index (χ0n) is 18.9. The fourth-order valence-electron chi connectivity index (χ4n) is 4.54. The molecule has 34 heavy (non-hydrogen) atoms. The van der Waals surface area contributed by atoms with Crippen LogP contribution >= 0.6 is 11.6 Å². The van der Waals surface area contributed by atoms with Crippen molar-refractivity contribution in [3.63, 3.8) is 0 Å². The zero-order chi connectivity index (χ0) is 23.7. The quantitative estimate of drug-likeness (QED) is 0.423. The van der Waals surface area contributed by atoms with E-state index < -0.39 is 0 Å². The topological polar surface area (TPSA) is 54.3 Å². The van der Waals surface area contributed by atoms with E-state index >= 15 is 0 Å². The highest BCUT2D eigenvalue weighted by atomic mass is 35.5. The van der Waals surface area contributed by atoms with Crippen molar-refractivity contribution in [2.45, 2.75) is 20.0 Å². The summed E-state index contributed by atoms with van der Waals surface area (Å²) in [7, 11) is 0. The van der Waals surface area contributed by atoms with E-state index in [0.717, 1.165) is 22.2 Å². The van der Waals surface area contributed by atoms with E-state index in [1.54, 1.807) is 23.0 Å². The first-order valence-corrected chi connectivity index (χ1v) is 11.7. The summed E-state index contributed by atoms with van der Waals surface area (Å²) in [6.07, 6.45) is 1.76. The molecule has 1 saturated heterocycles. The number of amides is 1. The summed E-state index contributed by atoms with van der Waals surface area (Å²) in [5.41, 5.74) is 4.21. The molecule has 0 saturated carbocycles. The van der Waals surface area contributed by atoms with Gasteiger partial charge >= 0.3 is 0 Å². The number of hydrogen-bond donors (Lipinski definition) is 0. The van der Waals surface area contributed by atoms with Crippen LogP contribution in [0.4, 0.5) is 4.39 Å². The molecule has 6 nitrogen and oxygen atoms in total. The van der Waals surface area contributed by atoms with Gasteiger partial charge in [0.1, 0.15) is 12.4 Å². The summed E-state index contributed by atoms with van der Waals surface area (Å²) in [5, 5.41) is 6.04. The number of fused-ring (bicyclic) bond motifs is 1. The number of benzene rings is 2. The SMILES string of the molecule is Cc1nn(CC(=O)N2CCN(Cc3c(F)cccc3Cl)CC2)c2nccc(-c3ccccc3)c12. The minimum atomic E-state index is -0.297. The fourth-order valence-corrected chi connectivity index (χ4v) is 4.76. The molecule has 1 amide bonds. The van der Waals surface area contributed by atoms with Gasteiger partial charge in [-0.1, -0.05) is 48.0 Å². The van der Waals surface area contributed by atoms with E-state index in [-0.39, 0.29) is 18.3 Å². The molecule has 0 atom stereocenters. The Morgan fingerprint density at radius 2 is 1.79 bits per heavy atom. The molecule has 0 bridgehead atoms. The van der Waals surface area contributed by atoms with E-state index in [9.17, 15) is 9.18 Å². The summed E-state index contributed by atoms with van der Waals surface area (Å²) in [6, 6.07) is 16.8. The number of halogens is 2. The Balaban J connectivity index is 1.28. The molecule has 5 rings (SSSR count). The average Bonchev–Trinajstić information content (AvgIpc) is 3.17. The third-order valence-electron chi connectivity index (χ3n) is 6.35. The summed E-state index contributed by atoms with van der Waals surface area (Å²) in [5.74, 6) is -0.297. The molecule has 0 unspecified atom stereocenters. The Morgan fingerprint density at radius 3 is 2.53 bits per heavy atom. The molecule has 0 spiro atoms. The van der Waals surface area contributed by atoms with Crippen molar-refractivity contribution in [1.82, 2.24) is 24.6 Å². The first kappa shape index (κ1) is 22.5. The molecule has 0 radical (unpaired) electrons. The van der Waals surface area contributed by atoms with Crippen LogP contribution in [-0.4, -0.2) is 56.7 Å². The predicted octanol–water partition coefficient (Wildman–Crippen LogP) is 4.54. The van der Waals surface area contributed by atoms with Crippen molar-refractivity contribution >= 4 is 28.5 Å². The standard InChI is InChI=1S/C26H25ClFN5O/c1-18-25-20(19-6-3-2-4-7-19)10-11-29-26(25)33(30-18)17-24(34)32-14-12-31(13-15-32)16-21-22(27)8-5-9-23(21)28/h2-11H,12-17H2,1H3. The monoisotopic (exact) mass is 477 g/mol. The number of carbonyl (C=O) groups is 1. The van der Waals surface area contributed by atoms with Crippen LogP contribution in [0.1, 0.15) is 11.3 Å². The van der Waals surface area contributed by atoms with E-state index in [0.29, 0.717) is 49.0 Å². The minimum absolute atomic E-state index is 0.000103. The second-order valence-electron chi connectivity index (χ2n) is 8.52. The number of piperazine rings is 1. The van der Waals surface area contributed by atoms with Crippen LogP contribution in [0.5, 0.6) is 0 Å². The summed E-state index contributed by atoms with van der Waals surface area (Å²) < 4.78 is 15.8. The maximum atomic E-state index is 14.1. The van der Waals surface area contributed by atoms with Gasteiger partial charge in [0.05, 0.1) is 5.69 Å². The van der Waals surface area contributed by atoms with Gasteiger partial charge < -0.3 is 4.90 Å². The van der Waals surface area contributed by atoms with Crippen molar-refractivity contribution in [1.29, 1.82) is 0 Å². The Kier molecular flexibility index (Phi) is 6.30. The van der Waals surface area contributed by atoms with Gasteiger partial charge in [-0.15, -0.1) is 0 Å². The number of pyridine rings is 1. The molecule has 4 aromatic rings. The van der Waals surface area contributed by atoms with Crippen molar-refractivity contribution in [2.24, 2.45) is 0 Å². The lowest BCUT2D eigenvalue weighted by Crippen LogP contribution is -2.49. The predicted molar refractivity (Wildman–Crippen MR) is 131 cm³/mol. The molecule has 1 aliphatic rings. The third-order valence-corrected chi connectivity index (χ3v) is 6.70. The van der Waals surface area contributed by atoms with Crippen molar-refractivity contribution in [2.75, 3.05) is 26.2 Å². The molecule has 8 heteroatoms. The van der Waals surface area contributed by atoms with Crippen LogP contribution in [0.2, 0.25) is 5.02 Å². The number of aromatic nitrogens is 3. The summed E-state index contributed by atoms with van der Waals surface area (Å²) in [4.78, 5) is 21.6. The highest BCUT2D eigenvalue weighted by molar-refractivity contribution is 6.31. The minimum Gasteiger partial charge on any atom is -0.339 e. The van der Waals surface area contributed by atoms with Gasteiger partial charge in [0.15, 0.2) is 5.65 Å². The largest absolute Gasteiger partial charge is 0.339 e. The van der Waals surface area contributed by atoms with E-state index in [1.807, 2.05) is 36.1 Å². The summed E-state index contributed by atoms with van der Waals surface area (Å²) in [6.45, 7) is 4.98.